The fourth-order valence-electron chi connectivity index (χ4n) is 8.35. The monoisotopic (exact) mass is 644 g/mol. The molecule has 0 amide bonds. The van der Waals surface area contributed by atoms with Crippen molar-refractivity contribution in [2.45, 2.75) is 52.4 Å². The third-order valence-electron chi connectivity index (χ3n) is 10.2. The number of fused-ring (bicyclic) bond motifs is 5. The van der Waals surface area contributed by atoms with Crippen molar-refractivity contribution in [1.29, 1.82) is 0 Å². The molecule has 244 valence electrons. The van der Waals surface area contributed by atoms with Crippen LogP contribution in [0.3, 0.4) is 0 Å². The van der Waals surface area contributed by atoms with Gasteiger partial charge in [0.05, 0.1) is 0 Å². The van der Waals surface area contributed by atoms with Gasteiger partial charge in [-0.15, -0.1) is 0 Å². The first-order valence-corrected chi connectivity index (χ1v) is 17.9. The number of hydrogen-bond acceptors (Lipinski definition) is 0. The summed E-state index contributed by atoms with van der Waals surface area (Å²) in [5, 5.41) is 7.96. The molecule has 0 fully saturated rings. The van der Waals surface area contributed by atoms with E-state index in [-0.39, 0.29) is 10.8 Å². The second-order valence-corrected chi connectivity index (χ2v) is 15.7. The molecule has 0 N–H and O–H groups in total. The van der Waals surface area contributed by atoms with E-state index in [0.717, 1.165) is 0 Å². The van der Waals surface area contributed by atoms with Crippen molar-refractivity contribution in [3.05, 3.63) is 169 Å². The van der Waals surface area contributed by atoms with Gasteiger partial charge in [-0.1, -0.05) is 199 Å². The van der Waals surface area contributed by atoms with E-state index in [1.165, 1.54) is 88.0 Å². The standard InChI is InChI=1S/C50H44/c1-49(2,3)47-43(37-27-15-13-25-35(37)33-21-9-7-10-22-33)39-29-17-20-32-42(39)46-45(47)41-31-19-18-30-40(41)44(48(46)50(4,5)6)38-28-16-14-26-36(38)34-23-11-8-12-24-34/h7-32H,1-6H3. The Kier molecular flexibility index (Phi) is 7.72. The molecule has 0 nitrogen and oxygen atoms in total. The number of hydrogen-bond donors (Lipinski definition) is 0. The van der Waals surface area contributed by atoms with Gasteiger partial charge in [-0.2, -0.15) is 0 Å². The Morgan fingerprint density at radius 1 is 0.280 bits per heavy atom. The Morgan fingerprint density at radius 2 is 0.560 bits per heavy atom. The Balaban J connectivity index is 1.66. The summed E-state index contributed by atoms with van der Waals surface area (Å²) in [6.45, 7) is 14.4. The molecular formula is C50H44. The quantitative estimate of drug-likeness (QED) is 0.167. The average molecular weight is 645 g/mol. The molecule has 0 atom stereocenters. The van der Waals surface area contributed by atoms with Crippen LogP contribution in [0.25, 0.3) is 76.8 Å². The van der Waals surface area contributed by atoms with Gasteiger partial charge in [-0.25, -0.2) is 0 Å². The lowest BCUT2D eigenvalue weighted by atomic mass is 9.69. The molecule has 0 heterocycles. The van der Waals surface area contributed by atoms with Gasteiger partial charge in [0.1, 0.15) is 0 Å². The Hall–Kier alpha value is -5.46. The van der Waals surface area contributed by atoms with Gasteiger partial charge >= 0.3 is 0 Å². The summed E-state index contributed by atoms with van der Waals surface area (Å²) in [7, 11) is 0. The zero-order valence-electron chi connectivity index (χ0n) is 30.0. The molecule has 0 aromatic heterocycles. The van der Waals surface area contributed by atoms with Crippen LogP contribution in [-0.2, 0) is 10.8 Å². The van der Waals surface area contributed by atoms with Crippen molar-refractivity contribution in [3.63, 3.8) is 0 Å². The van der Waals surface area contributed by atoms with Crippen LogP contribution >= 0.6 is 0 Å². The van der Waals surface area contributed by atoms with Gasteiger partial charge in [0, 0.05) is 0 Å². The molecular weight excluding hydrogens is 601 g/mol. The minimum Gasteiger partial charge on any atom is -0.0622 e. The van der Waals surface area contributed by atoms with Gasteiger partial charge < -0.3 is 0 Å². The van der Waals surface area contributed by atoms with Crippen molar-refractivity contribution in [1.82, 2.24) is 0 Å². The highest BCUT2D eigenvalue weighted by Gasteiger charge is 2.33. The van der Waals surface area contributed by atoms with Gasteiger partial charge in [0.25, 0.3) is 0 Å². The molecule has 8 aromatic rings. The van der Waals surface area contributed by atoms with Crippen LogP contribution in [0.5, 0.6) is 0 Å². The number of rotatable bonds is 4. The minimum absolute atomic E-state index is 0.164. The van der Waals surface area contributed by atoms with E-state index in [9.17, 15) is 0 Å². The zero-order valence-corrected chi connectivity index (χ0v) is 30.0. The molecule has 0 saturated carbocycles. The van der Waals surface area contributed by atoms with Crippen molar-refractivity contribution in [3.8, 4) is 44.5 Å². The van der Waals surface area contributed by atoms with E-state index in [2.05, 4.69) is 199 Å². The molecule has 0 saturated heterocycles. The molecule has 0 radical (unpaired) electrons. The highest BCUT2D eigenvalue weighted by Crippen LogP contribution is 2.54. The summed E-state index contributed by atoms with van der Waals surface area (Å²) in [5.74, 6) is 0. The van der Waals surface area contributed by atoms with Gasteiger partial charge in [0.2, 0.25) is 0 Å². The van der Waals surface area contributed by atoms with E-state index in [4.69, 9.17) is 0 Å². The first kappa shape index (κ1) is 31.8. The maximum absolute atomic E-state index is 2.40. The topological polar surface area (TPSA) is 0 Å². The third-order valence-corrected chi connectivity index (χ3v) is 10.2. The van der Waals surface area contributed by atoms with Crippen LogP contribution in [0, 0.1) is 0 Å². The fourth-order valence-corrected chi connectivity index (χ4v) is 8.35. The summed E-state index contributed by atoms with van der Waals surface area (Å²) in [5.41, 5.74) is 12.7. The molecule has 0 spiro atoms. The van der Waals surface area contributed by atoms with E-state index < -0.39 is 0 Å². The molecule has 8 rings (SSSR count). The normalized spacial score (nSPS) is 12.2. The molecule has 0 heteroatoms. The Bertz CT molecular complexity index is 2340. The molecule has 0 bridgehead atoms. The average Bonchev–Trinajstić information content (AvgIpc) is 3.13. The summed E-state index contributed by atoms with van der Waals surface area (Å²) in [6.07, 6.45) is 0. The van der Waals surface area contributed by atoms with Crippen LogP contribution in [0.4, 0.5) is 0 Å². The van der Waals surface area contributed by atoms with Crippen LogP contribution in [0.1, 0.15) is 52.7 Å². The molecule has 50 heavy (non-hydrogen) atoms. The molecule has 0 unspecified atom stereocenters. The third kappa shape index (κ3) is 5.22. The lowest BCUT2D eigenvalue weighted by Crippen LogP contribution is -2.18. The van der Waals surface area contributed by atoms with Crippen LogP contribution in [0.2, 0.25) is 0 Å². The lowest BCUT2D eigenvalue weighted by molar-refractivity contribution is 0.594. The highest BCUT2D eigenvalue weighted by atomic mass is 14.4. The van der Waals surface area contributed by atoms with Crippen molar-refractivity contribution < 1.29 is 0 Å². The Morgan fingerprint density at radius 3 is 0.900 bits per heavy atom. The van der Waals surface area contributed by atoms with E-state index in [1.807, 2.05) is 0 Å². The fraction of sp³-hybridized carbons (Fsp3) is 0.160. The highest BCUT2D eigenvalue weighted by molar-refractivity contribution is 6.28. The zero-order chi connectivity index (χ0) is 34.6. The predicted octanol–water partition coefficient (Wildman–Crippen LogP) is 14.4. The molecule has 0 aliphatic carbocycles. The molecule has 8 aromatic carbocycles. The van der Waals surface area contributed by atoms with Crippen molar-refractivity contribution in [2.75, 3.05) is 0 Å². The summed E-state index contributed by atoms with van der Waals surface area (Å²) in [4.78, 5) is 0. The summed E-state index contributed by atoms with van der Waals surface area (Å²) < 4.78 is 0. The second kappa shape index (κ2) is 12.1. The SMILES string of the molecule is CC(C)(C)c1c(-c2ccccc2-c2ccccc2)c2ccccc2c2c(C(C)(C)C)c(-c3ccccc3-c3ccccc3)c3ccccc3c12. The second-order valence-electron chi connectivity index (χ2n) is 15.7. The van der Waals surface area contributed by atoms with E-state index in [0.29, 0.717) is 0 Å². The maximum atomic E-state index is 2.40. The van der Waals surface area contributed by atoms with Crippen LogP contribution in [0.15, 0.2) is 158 Å². The van der Waals surface area contributed by atoms with Crippen LogP contribution in [-0.4, -0.2) is 0 Å². The van der Waals surface area contributed by atoms with Gasteiger partial charge in [-0.3, -0.25) is 0 Å². The molecule has 0 aliphatic rings. The summed E-state index contributed by atoms with van der Waals surface area (Å²) in [6, 6.07) is 58.1. The van der Waals surface area contributed by atoms with Gasteiger partial charge in [-0.05, 0) is 98.8 Å². The number of benzene rings is 8. The van der Waals surface area contributed by atoms with E-state index >= 15 is 0 Å². The predicted molar refractivity (Wildman–Crippen MR) is 218 cm³/mol. The maximum Gasteiger partial charge on any atom is -0.00519 e. The van der Waals surface area contributed by atoms with Crippen LogP contribution < -0.4 is 0 Å². The Labute approximate surface area is 297 Å². The first-order chi connectivity index (χ1) is 24.1. The van der Waals surface area contributed by atoms with Crippen molar-refractivity contribution >= 4 is 32.3 Å². The van der Waals surface area contributed by atoms with Crippen molar-refractivity contribution in [2.24, 2.45) is 0 Å². The van der Waals surface area contributed by atoms with E-state index in [1.54, 1.807) is 0 Å². The first-order valence-electron chi connectivity index (χ1n) is 17.9. The largest absolute Gasteiger partial charge is 0.0622 e. The molecule has 0 aliphatic heterocycles. The van der Waals surface area contributed by atoms with Gasteiger partial charge in [0.15, 0.2) is 0 Å². The smallest absolute Gasteiger partial charge is 0.00519 e. The summed E-state index contributed by atoms with van der Waals surface area (Å²) >= 11 is 0. The minimum atomic E-state index is -0.164. The lowest BCUT2D eigenvalue weighted by Gasteiger charge is -2.34.